The van der Waals surface area contributed by atoms with Gasteiger partial charge in [0.1, 0.15) is 28.2 Å². The molecule has 0 radical (unpaired) electrons. The van der Waals surface area contributed by atoms with Crippen molar-refractivity contribution in [1.29, 1.82) is 0 Å². The number of fused-ring (bicyclic) bond motifs is 1. The van der Waals surface area contributed by atoms with Gasteiger partial charge in [0.05, 0.1) is 19.2 Å². The van der Waals surface area contributed by atoms with E-state index in [1.54, 1.807) is 25.3 Å². The van der Waals surface area contributed by atoms with Crippen LogP contribution in [0.4, 0.5) is 17.6 Å². The highest BCUT2D eigenvalue weighted by molar-refractivity contribution is 5.82. The maximum absolute atomic E-state index is 15.2. The number of hydrogen-bond donors (Lipinski definition) is 0. The summed E-state index contributed by atoms with van der Waals surface area (Å²) in [6, 6.07) is 14.3. The van der Waals surface area contributed by atoms with E-state index in [2.05, 4.69) is 20.3 Å². The third-order valence-corrected chi connectivity index (χ3v) is 5.39. The number of methoxy groups -OCH3 is 1. The summed E-state index contributed by atoms with van der Waals surface area (Å²) in [5.74, 6) is 0.252. The highest BCUT2D eigenvalue weighted by Crippen LogP contribution is 2.34. The van der Waals surface area contributed by atoms with E-state index in [4.69, 9.17) is 9.47 Å². The van der Waals surface area contributed by atoms with E-state index in [1.807, 2.05) is 12.1 Å². The Bertz CT molecular complexity index is 1520. The Morgan fingerprint density at radius 3 is 2.28 bits per heavy atom. The molecule has 0 spiro atoms. The molecule has 0 amide bonds. The zero-order valence-electron chi connectivity index (χ0n) is 18.7. The van der Waals surface area contributed by atoms with Crippen molar-refractivity contribution in [1.82, 2.24) is 25.0 Å². The van der Waals surface area contributed by atoms with Gasteiger partial charge in [0.2, 0.25) is 5.88 Å². The Kier molecular flexibility index (Phi) is 5.96. The molecular weight excluding hydrogens is 478 g/mol. The van der Waals surface area contributed by atoms with Crippen LogP contribution in [0.15, 0.2) is 73.1 Å². The molecule has 5 aromatic rings. The number of benzene rings is 3. The first-order valence-electron chi connectivity index (χ1n) is 10.6. The SMILES string of the molecule is COc1ccc(Cn2nnc3cc(-c4nccnc4Oc4ccc(C(F)(F)F)cc4)cc(F)c32)cc1. The van der Waals surface area contributed by atoms with Crippen molar-refractivity contribution in [3.8, 4) is 28.6 Å². The van der Waals surface area contributed by atoms with Crippen LogP contribution in [-0.4, -0.2) is 32.1 Å². The lowest BCUT2D eigenvalue weighted by Gasteiger charge is -2.11. The molecule has 11 heteroatoms. The van der Waals surface area contributed by atoms with Crippen LogP contribution in [0.5, 0.6) is 17.4 Å². The summed E-state index contributed by atoms with van der Waals surface area (Å²) < 4.78 is 66.0. The van der Waals surface area contributed by atoms with Gasteiger partial charge in [-0.2, -0.15) is 13.2 Å². The van der Waals surface area contributed by atoms with Gasteiger partial charge in [0, 0.05) is 18.0 Å². The van der Waals surface area contributed by atoms with Crippen LogP contribution in [0.3, 0.4) is 0 Å². The highest BCUT2D eigenvalue weighted by Gasteiger charge is 2.30. The Hall–Kier alpha value is -4.54. The summed E-state index contributed by atoms with van der Waals surface area (Å²) in [6.07, 6.45) is -1.70. The molecule has 0 fully saturated rings. The molecule has 5 rings (SSSR count). The van der Waals surface area contributed by atoms with E-state index in [1.165, 1.54) is 35.3 Å². The van der Waals surface area contributed by atoms with E-state index in [-0.39, 0.29) is 22.8 Å². The Morgan fingerprint density at radius 1 is 0.889 bits per heavy atom. The molecule has 0 aliphatic carbocycles. The van der Waals surface area contributed by atoms with Gasteiger partial charge in [-0.3, -0.25) is 0 Å². The summed E-state index contributed by atoms with van der Waals surface area (Å²) in [5, 5.41) is 8.18. The third-order valence-electron chi connectivity index (χ3n) is 5.39. The van der Waals surface area contributed by atoms with Gasteiger partial charge in [-0.1, -0.05) is 17.3 Å². The molecule has 2 heterocycles. The van der Waals surface area contributed by atoms with Crippen LogP contribution in [0.2, 0.25) is 0 Å². The van der Waals surface area contributed by atoms with Crippen LogP contribution in [0, 0.1) is 5.82 Å². The number of halogens is 4. The molecule has 0 N–H and O–H groups in total. The minimum atomic E-state index is -4.46. The van der Waals surface area contributed by atoms with Crippen molar-refractivity contribution in [2.75, 3.05) is 7.11 Å². The average Bonchev–Trinajstić information content (AvgIpc) is 3.28. The molecule has 36 heavy (non-hydrogen) atoms. The van der Waals surface area contributed by atoms with Crippen LogP contribution in [0.1, 0.15) is 11.1 Å². The fraction of sp³-hybridized carbons (Fsp3) is 0.120. The zero-order chi connectivity index (χ0) is 25.3. The lowest BCUT2D eigenvalue weighted by atomic mass is 10.1. The molecule has 0 saturated carbocycles. The molecule has 0 aliphatic heterocycles. The minimum Gasteiger partial charge on any atom is -0.497 e. The first-order chi connectivity index (χ1) is 17.3. The van der Waals surface area contributed by atoms with Gasteiger partial charge in [0.25, 0.3) is 0 Å². The number of ether oxygens (including phenoxy) is 2. The van der Waals surface area contributed by atoms with Gasteiger partial charge in [0.15, 0.2) is 5.82 Å². The topological polar surface area (TPSA) is 75.0 Å². The van der Waals surface area contributed by atoms with Gasteiger partial charge in [-0.15, -0.1) is 5.10 Å². The van der Waals surface area contributed by atoms with Crippen molar-refractivity contribution in [3.63, 3.8) is 0 Å². The van der Waals surface area contributed by atoms with E-state index in [0.717, 1.165) is 17.7 Å². The van der Waals surface area contributed by atoms with Crippen LogP contribution in [-0.2, 0) is 12.7 Å². The quantitative estimate of drug-likeness (QED) is 0.273. The van der Waals surface area contributed by atoms with Gasteiger partial charge in [-0.05, 0) is 54.1 Å². The van der Waals surface area contributed by atoms with Crippen molar-refractivity contribution < 1.29 is 27.0 Å². The van der Waals surface area contributed by atoms with Crippen LogP contribution < -0.4 is 9.47 Å². The smallest absolute Gasteiger partial charge is 0.416 e. The lowest BCUT2D eigenvalue weighted by Crippen LogP contribution is -2.04. The highest BCUT2D eigenvalue weighted by atomic mass is 19.4. The molecule has 0 saturated heterocycles. The van der Waals surface area contributed by atoms with E-state index in [0.29, 0.717) is 23.4 Å². The standard InChI is InChI=1S/C25H17F4N5O2/c1-35-18-6-2-15(3-7-18)14-34-23-20(26)12-16(13-21(23)32-33-34)22-24(31-11-10-30-22)36-19-8-4-17(5-9-19)25(27,28)29/h2-13H,14H2,1H3. The Balaban J connectivity index is 1.45. The third kappa shape index (κ3) is 4.67. The summed E-state index contributed by atoms with van der Waals surface area (Å²) in [7, 11) is 1.57. The normalized spacial score (nSPS) is 11.6. The molecule has 0 bridgehead atoms. The van der Waals surface area contributed by atoms with Crippen molar-refractivity contribution in [2.45, 2.75) is 12.7 Å². The second kappa shape index (κ2) is 9.25. The van der Waals surface area contributed by atoms with E-state index in [9.17, 15) is 13.2 Å². The summed E-state index contributed by atoms with van der Waals surface area (Å²) in [5.41, 5.74) is 1.11. The summed E-state index contributed by atoms with van der Waals surface area (Å²) in [4.78, 5) is 8.37. The first kappa shape index (κ1) is 23.2. The van der Waals surface area contributed by atoms with Crippen molar-refractivity contribution in [3.05, 3.63) is 90.0 Å². The van der Waals surface area contributed by atoms with Crippen LogP contribution >= 0.6 is 0 Å². The molecule has 2 aromatic heterocycles. The maximum atomic E-state index is 15.2. The van der Waals surface area contributed by atoms with Gasteiger partial charge in [-0.25, -0.2) is 19.0 Å². The number of aromatic nitrogens is 5. The predicted molar refractivity (Wildman–Crippen MR) is 122 cm³/mol. The molecule has 0 unspecified atom stereocenters. The second-order valence-corrected chi connectivity index (χ2v) is 7.76. The first-order valence-corrected chi connectivity index (χ1v) is 10.6. The van der Waals surface area contributed by atoms with Gasteiger partial charge >= 0.3 is 6.18 Å². The molecular formula is C25H17F4N5O2. The predicted octanol–water partition coefficient (Wildman–Crippen LogP) is 5.90. The molecule has 182 valence electrons. The van der Waals surface area contributed by atoms with Crippen molar-refractivity contribution >= 4 is 11.0 Å². The largest absolute Gasteiger partial charge is 0.497 e. The number of rotatable bonds is 6. The average molecular weight is 495 g/mol. The lowest BCUT2D eigenvalue weighted by molar-refractivity contribution is -0.137. The van der Waals surface area contributed by atoms with Gasteiger partial charge < -0.3 is 9.47 Å². The molecule has 3 aromatic carbocycles. The summed E-state index contributed by atoms with van der Waals surface area (Å²) in [6.45, 7) is 0.296. The van der Waals surface area contributed by atoms with Crippen molar-refractivity contribution in [2.24, 2.45) is 0 Å². The zero-order valence-corrected chi connectivity index (χ0v) is 18.7. The van der Waals surface area contributed by atoms with Crippen LogP contribution in [0.25, 0.3) is 22.3 Å². The molecule has 0 aliphatic rings. The Morgan fingerprint density at radius 2 is 1.58 bits per heavy atom. The monoisotopic (exact) mass is 495 g/mol. The molecule has 7 nitrogen and oxygen atoms in total. The number of hydrogen-bond acceptors (Lipinski definition) is 6. The number of nitrogens with zero attached hydrogens (tertiary/aromatic N) is 5. The summed E-state index contributed by atoms with van der Waals surface area (Å²) >= 11 is 0. The molecule has 0 atom stereocenters. The Labute approximate surface area is 202 Å². The fourth-order valence-electron chi connectivity index (χ4n) is 3.64. The second-order valence-electron chi connectivity index (χ2n) is 7.76. The van der Waals surface area contributed by atoms with E-state index < -0.39 is 17.6 Å². The number of alkyl halides is 3. The fourth-order valence-corrected chi connectivity index (χ4v) is 3.64. The maximum Gasteiger partial charge on any atom is 0.416 e. The van der Waals surface area contributed by atoms with E-state index >= 15 is 4.39 Å². The minimum absolute atomic E-state index is 0.00151.